The van der Waals surface area contributed by atoms with Crippen molar-refractivity contribution in [3.8, 4) is 5.88 Å². The number of aromatic hydroxyl groups is 1. The van der Waals surface area contributed by atoms with Crippen molar-refractivity contribution >= 4 is 28.2 Å². The molecule has 1 amide bonds. The molecule has 0 fully saturated rings. The number of hydrogen-bond acceptors (Lipinski definition) is 4. The summed E-state index contributed by atoms with van der Waals surface area (Å²) in [5, 5.41) is 18.2. The summed E-state index contributed by atoms with van der Waals surface area (Å²) in [5.41, 5.74) is 2.44. The number of benzene rings is 2. The predicted octanol–water partition coefficient (Wildman–Crippen LogP) is 3.86. The maximum absolute atomic E-state index is 12.1. The van der Waals surface area contributed by atoms with E-state index in [9.17, 15) is 9.90 Å². The third-order valence-corrected chi connectivity index (χ3v) is 3.53. The average molecular weight is 308 g/mol. The Morgan fingerprint density at radius 1 is 1.09 bits per heavy atom. The highest BCUT2D eigenvalue weighted by Crippen LogP contribution is 2.35. The molecule has 116 valence electrons. The molecule has 0 aliphatic carbocycles. The number of carbonyl (C=O) groups excluding carboxylic acids is 1. The molecule has 1 aromatic heterocycles. The first-order chi connectivity index (χ1) is 11.1. The molecule has 6 heteroatoms. The molecule has 23 heavy (non-hydrogen) atoms. The summed E-state index contributed by atoms with van der Waals surface area (Å²) in [6, 6.07) is 14.4. The van der Waals surface area contributed by atoms with Crippen LogP contribution in [0.15, 0.2) is 58.8 Å². The molecular formula is C17H16N4O2. The molecule has 0 radical (unpaired) electrons. The number of fused-ring (bicyclic) bond motifs is 1. The van der Waals surface area contributed by atoms with Crippen LogP contribution in [0.5, 0.6) is 5.88 Å². The van der Waals surface area contributed by atoms with E-state index in [1.807, 2.05) is 49.3 Å². The van der Waals surface area contributed by atoms with Gasteiger partial charge >= 0.3 is 0 Å². The Bertz CT molecular complexity index is 879. The van der Waals surface area contributed by atoms with E-state index < -0.39 is 5.91 Å². The summed E-state index contributed by atoms with van der Waals surface area (Å²) in [4.78, 5) is 16.8. The average Bonchev–Trinajstić information content (AvgIpc) is 2.88. The maximum Gasteiger partial charge on any atom is 0.295 e. The third-order valence-electron chi connectivity index (χ3n) is 3.53. The van der Waals surface area contributed by atoms with Crippen molar-refractivity contribution in [3.05, 3.63) is 54.1 Å². The first-order valence-corrected chi connectivity index (χ1v) is 7.09. The number of H-pyrrole nitrogens is 1. The Hall–Kier alpha value is -3.15. The Kier molecular flexibility index (Phi) is 3.80. The van der Waals surface area contributed by atoms with Gasteiger partial charge in [-0.2, -0.15) is 0 Å². The van der Waals surface area contributed by atoms with Crippen LogP contribution in [0.3, 0.4) is 0 Å². The van der Waals surface area contributed by atoms with Gasteiger partial charge in [-0.3, -0.25) is 4.79 Å². The van der Waals surface area contributed by atoms with Gasteiger partial charge in [-0.05, 0) is 30.3 Å². The largest absolute Gasteiger partial charge is 0.493 e. The lowest BCUT2D eigenvalue weighted by Crippen LogP contribution is -2.08. The summed E-state index contributed by atoms with van der Waals surface area (Å²) >= 11 is 0. The molecule has 2 N–H and O–H groups in total. The van der Waals surface area contributed by atoms with Gasteiger partial charge in [-0.25, -0.2) is 0 Å². The van der Waals surface area contributed by atoms with Gasteiger partial charge < -0.3 is 15.0 Å². The number of nitrogens with one attached hydrogen (secondary N) is 1. The summed E-state index contributed by atoms with van der Waals surface area (Å²) in [6.07, 6.45) is 0. The molecule has 0 aliphatic rings. The molecule has 1 heterocycles. The zero-order chi connectivity index (χ0) is 16.4. The lowest BCUT2D eigenvalue weighted by atomic mass is 10.2. The highest BCUT2D eigenvalue weighted by atomic mass is 16.3. The second-order valence-corrected chi connectivity index (χ2v) is 5.31. The third kappa shape index (κ3) is 2.91. The van der Waals surface area contributed by atoms with Crippen LogP contribution in [-0.4, -0.2) is 30.1 Å². The molecule has 3 rings (SSSR count). The second kappa shape index (κ2) is 5.92. The molecule has 0 spiro atoms. The van der Waals surface area contributed by atoms with Gasteiger partial charge in [-0.15, -0.1) is 10.2 Å². The molecule has 0 aliphatic heterocycles. The highest BCUT2D eigenvalue weighted by molar-refractivity contribution is 5.97. The fraction of sp³-hybridized carbons (Fsp3) is 0.118. The zero-order valence-corrected chi connectivity index (χ0v) is 12.8. The molecule has 3 aromatic rings. The van der Waals surface area contributed by atoms with E-state index in [2.05, 4.69) is 15.2 Å². The number of anilines is 1. The highest BCUT2D eigenvalue weighted by Gasteiger charge is 2.11. The Labute approximate surface area is 133 Å². The van der Waals surface area contributed by atoms with Crippen LogP contribution < -0.4 is 4.90 Å². The number of hydrogen-bond donors (Lipinski definition) is 2. The zero-order valence-electron chi connectivity index (χ0n) is 12.8. The topological polar surface area (TPSA) is 81.1 Å². The van der Waals surface area contributed by atoms with Crippen molar-refractivity contribution in [2.75, 3.05) is 19.0 Å². The smallest absolute Gasteiger partial charge is 0.295 e. The predicted molar refractivity (Wildman–Crippen MR) is 89.6 cm³/mol. The van der Waals surface area contributed by atoms with E-state index in [0.717, 1.165) is 11.2 Å². The first-order valence-electron chi connectivity index (χ1n) is 7.09. The van der Waals surface area contributed by atoms with Crippen LogP contribution in [0.2, 0.25) is 0 Å². The van der Waals surface area contributed by atoms with E-state index in [1.54, 1.807) is 18.2 Å². The minimum absolute atomic E-state index is 0.106. The monoisotopic (exact) mass is 308 g/mol. The summed E-state index contributed by atoms with van der Waals surface area (Å²) in [7, 11) is 3.85. The number of nitrogens with zero attached hydrogens (tertiary/aromatic N) is 3. The SMILES string of the molecule is CN(C)c1ccc(C(=O)N=Nc2c(O)[nH]c3ccccc23)cc1. The molecule has 6 nitrogen and oxygen atoms in total. The van der Waals surface area contributed by atoms with Crippen molar-refractivity contribution in [1.82, 2.24) is 4.98 Å². The molecule has 2 aromatic carbocycles. The van der Waals surface area contributed by atoms with E-state index >= 15 is 0 Å². The molecular weight excluding hydrogens is 292 g/mol. The Morgan fingerprint density at radius 2 is 1.78 bits per heavy atom. The van der Waals surface area contributed by atoms with Crippen LogP contribution in [0.4, 0.5) is 11.4 Å². The minimum Gasteiger partial charge on any atom is -0.493 e. The number of azo groups is 1. The fourth-order valence-corrected chi connectivity index (χ4v) is 2.27. The summed E-state index contributed by atoms with van der Waals surface area (Å²) in [5.74, 6) is -0.564. The van der Waals surface area contributed by atoms with Crippen LogP contribution in [0.1, 0.15) is 10.4 Å². The lowest BCUT2D eigenvalue weighted by molar-refractivity contribution is 0.0995. The normalized spacial score (nSPS) is 11.2. The lowest BCUT2D eigenvalue weighted by Gasteiger charge is -2.11. The van der Waals surface area contributed by atoms with Crippen molar-refractivity contribution in [2.24, 2.45) is 10.2 Å². The van der Waals surface area contributed by atoms with Gasteiger partial charge in [0.05, 0.1) is 5.52 Å². The Balaban J connectivity index is 1.86. The molecule has 0 saturated heterocycles. The molecule has 0 atom stereocenters. The van der Waals surface area contributed by atoms with Gasteiger partial charge in [0, 0.05) is 30.7 Å². The van der Waals surface area contributed by atoms with Crippen LogP contribution in [0, 0.1) is 0 Å². The van der Waals surface area contributed by atoms with E-state index in [-0.39, 0.29) is 11.6 Å². The number of rotatable bonds is 3. The van der Waals surface area contributed by atoms with Crippen molar-refractivity contribution in [2.45, 2.75) is 0 Å². The van der Waals surface area contributed by atoms with Gasteiger partial charge in [0.15, 0.2) is 5.69 Å². The Morgan fingerprint density at radius 3 is 2.48 bits per heavy atom. The number of aromatic nitrogens is 1. The van der Waals surface area contributed by atoms with Crippen LogP contribution in [-0.2, 0) is 0 Å². The first kappa shape index (κ1) is 14.8. The summed E-state index contributed by atoms with van der Waals surface area (Å²) < 4.78 is 0. The van der Waals surface area contributed by atoms with Gasteiger partial charge in [-0.1, -0.05) is 18.2 Å². The van der Waals surface area contributed by atoms with E-state index in [0.29, 0.717) is 10.9 Å². The summed E-state index contributed by atoms with van der Waals surface area (Å²) in [6.45, 7) is 0. The molecule has 0 bridgehead atoms. The van der Waals surface area contributed by atoms with Gasteiger partial charge in [0.1, 0.15) is 0 Å². The number of amides is 1. The van der Waals surface area contributed by atoms with Gasteiger partial charge in [0.25, 0.3) is 5.91 Å². The number of aromatic amines is 1. The maximum atomic E-state index is 12.1. The second-order valence-electron chi connectivity index (χ2n) is 5.31. The van der Waals surface area contributed by atoms with E-state index in [1.165, 1.54) is 0 Å². The fourth-order valence-electron chi connectivity index (χ4n) is 2.27. The van der Waals surface area contributed by atoms with E-state index in [4.69, 9.17) is 0 Å². The van der Waals surface area contributed by atoms with Crippen molar-refractivity contribution in [1.29, 1.82) is 0 Å². The van der Waals surface area contributed by atoms with Crippen LogP contribution in [0.25, 0.3) is 10.9 Å². The number of para-hydroxylation sites is 1. The number of carbonyl (C=O) groups is 1. The van der Waals surface area contributed by atoms with Gasteiger partial charge in [0.2, 0.25) is 5.88 Å². The van der Waals surface area contributed by atoms with Crippen molar-refractivity contribution < 1.29 is 9.90 Å². The molecule has 0 saturated carbocycles. The standard InChI is InChI=1S/C17H16N4O2/c1-21(2)12-9-7-11(8-10-12)16(22)20-19-15-13-5-3-4-6-14(13)18-17(15)23/h3-10,18,23H,1-2H3. The molecule has 0 unspecified atom stereocenters. The van der Waals surface area contributed by atoms with Crippen molar-refractivity contribution in [3.63, 3.8) is 0 Å². The minimum atomic E-state index is -0.458. The quantitative estimate of drug-likeness (QED) is 0.721. The van der Waals surface area contributed by atoms with Crippen LogP contribution >= 0.6 is 0 Å².